The number of benzene rings is 2. The van der Waals surface area contributed by atoms with Gasteiger partial charge < -0.3 is 15.4 Å². The summed E-state index contributed by atoms with van der Waals surface area (Å²) in [6.07, 6.45) is 5.02. The third-order valence-electron chi connectivity index (χ3n) is 6.48. The molecule has 192 valence electrons. The number of anilines is 1. The van der Waals surface area contributed by atoms with E-state index in [4.69, 9.17) is 15.6 Å². The molecule has 1 saturated heterocycles. The van der Waals surface area contributed by atoms with Gasteiger partial charge in [0.1, 0.15) is 46.8 Å². The number of fused-ring (bicyclic) bond motifs is 1. The molecule has 1 atom stereocenters. The van der Waals surface area contributed by atoms with Crippen LogP contribution in [0.25, 0.3) is 22.3 Å². The van der Waals surface area contributed by atoms with Crippen molar-refractivity contribution in [3.8, 4) is 28.8 Å². The number of aromatic nitrogens is 4. The first kappa shape index (κ1) is 24.9. The summed E-state index contributed by atoms with van der Waals surface area (Å²) in [5, 5.41) is 14.6. The first-order valence-electron chi connectivity index (χ1n) is 12.4. The van der Waals surface area contributed by atoms with Gasteiger partial charge in [-0.2, -0.15) is 10.4 Å². The highest BCUT2D eigenvalue weighted by molar-refractivity contribution is 5.99. The number of allylic oxidation sites excluding steroid dienone is 1. The number of likely N-dealkylation sites (tertiary alicyclic amines) is 1. The minimum atomic E-state index is -0.531. The topological polar surface area (TPSA) is 123 Å². The minimum Gasteiger partial charge on any atom is -0.457 e. The Morgan fingerprint density at radius 2 is 2.05 bits per heavy atom. The maximum Gasteiger partial charge on any atom is 0.264 e. The van der Waals surface area contributed by atoms with Crippen LogP contribution in [0.15, 0.2) is 66.5 Å². The molecule has 1 unspecified atom stereocenters. The van der Waals surface area contributed by atoms with Crippen molar-refractivity contribution in [1.29, 1.82) is 5.26 Å². The number of nitrogen functional groups attached to an aromatic ring is 1. The summed E-state index contributed by atoms with van der Waals surface area (Å²) < 4.78 is 22.9. The molecule has 38 heavy (non-hydrogen) atoms. The number of hydrogen-bond acceptors (Lipinski definition) is 7. The lowest BCUT2D eigenvalue weighted by atomic mass is 10.0. The number of carbonyl (C=O) groups excluding carboxylic acids is 1. The van der Waals surface area contributed by atoms with Crippen LogP contribution in [0.3, 0.4) is 0 Å². The molecule has 1 aliphatic rings. The lowest BCUT2D eigenvalue weighted by molar-refractivity contribution is -0.128. The molecule has 4 aromatic rings. The second kappa shape index (κ2) is 10.7. The zero-order valence-electron chi connectivity index (χ0n) is 20.8. The molecule has 5 rings (SSSR count). The quantitative estimate of drug-likeness (QED) is 0.284. The average molecular weight is 512 g/mol. The van der Waals surface area contributed by atoms with Crippen LogP contribution in [-0.2, 0) is 4.79 Å². The molecule has 10 heteroatoms. The normalized spacial score (nSPS) is 15.9. The molecular formula is C28H26FN7O2. The SMILES string of the molecule is CC/C=C(\C#N)C(=O)N1CCCC(n2nc(-c3ccc(Oc4ccccc4)cc3F)c3c(N)ncnc32)C1. The number of nitrogens with zero attached hydrogens (tertiary/aromatic N) is 6. The van der Waals surface area contributed by atoms with E-state index in [0.717, 1.165) is 12.8 Å². The summed E-state index contributed by atoms with van der Waals surface area (Å²) in [6.45, 7) is 2.76. The van der Waals surface area contributed by atoms with E-state index in [-0.39, 0.29) is 28.9 Å². The van der Waals surface area contributed by atoms with Crippen molar-refractivity contribution in [3.05, 3.63) is 72.3 Å². The van der Waals surface area contributed by atoms with Crippen molar-refractivity contribution in [2.45, 2.75) is 32.2 Å². The van der Waals surface area contributed by atoms with Gasteiger partial charge in [0.05, 0.1) is 11.4 Å². The van der Waals surface area contributed by atoms with Crippen molar-refractivity contribution in [1.82, 2.24) is 24.6 Å². The van der Waals surface area contributed by atoms with Gasteiger partial charge in [0.15, 0.2) is 5.65 Å². The van der Waals surface area contributed by atoms with Gasteiger partial charge in [-0.3, -0.25) is 4.79 Å². The fourth-order valence-corrected chi connectivity index (χ4v) is 4.71. The monoisotopic (exact) mass is 511 g/mol. The molecule has 9 nitrogen and oxygen atoms in total. The molecule has 0 radical (unpaired) electrons. The van der Waals surface area contributed by atoms with Crippen molar-refractivity contribution < 1.29 is 13.9 Å². The summed E-state index contributed by atoms with van der Waals surface area (Å²) in [6, 6.07) is 15.5. The Hall–Kier alpha value is -4.78. The van der Waals surface area contributed by atoms with Crippen LogP contribution < -0.4 is 10.5 Å². The number of piperidine rings is 1. The van der Waals surface area contributed by atoms with E-state index < -0.39 is 5.82 Å². The molecule has 2 N–H and O–H groups in total. The van der Waals surface area contributed by atoms with Crippen LogP contribution in [0.1, 0.15) is 32.2 Å². The Bertz CT molecular complexity index is 1560. The minimum absolute atomic E-state index is 0.130. The predicted molar refractivity (Wildman–Crippen MR) is 140 cm³/mol. The first-order valence-corrected chi connectivity index (χ1v) is 12.4. The Morgan fingerprint density at radius 3 is 2.79 bits per heavy atom. The molecule has 0 saturated carbocycles. The number of para-hydroxylation sites is 1. The van der Waals surface area contributed by atoms with E-state index in [9.17, 15) is 10.1 Å². The van der Waals surface area contributed by atoms with Gasteiger partial charge >= 0.3 is 0 Å². The number of ether oxygens (including phenoxy) is 1. The molecule has 0 spiro atoms. The van der Waals surface area contributed by atoms with Crippen LogP contribution in [0, 0.1) is 17.1 Å². The van der Waals surface area contributed by atoms with Crippen molar-refractivity contribution in [2.24, 2.45) is 0 Å². The number of halogens is 1. The van der Waals surface area contributed by atoms with Gasteiger partial charge in [-0.15, -0.1) is 0 Å². The second-order valence-electron chi connectivity index (χ2n) is 8.99. The van der Waals surface area contributed by atoms with Crippen molar-refractivity contribution >= 4 is 22.8 Å². The number of carbonyl (C=O) groups is 1. The fourth-order valence-electron chi connectivity index (χ4n) is 4.71. The molecular weight excluding hydrogens is 485 g/mol. The number of amides is 1. The lowest BCUT2D eigenvalue weighted by Crippen LogP contribution is -2.41. The van der Waals surface area contributed by atoms with Gasteiger partial charge in [0.2, 0.25) is 0 Å². The molecule has 3 heterocycles. The predicted octanol–water partition coefficient (Wildman–Crippen LogP) is 5.03. The number of nitrogens with two attached hydrogens (primary N) is 1. The zero-order valence-corrected chi connectivity index (χ0v) is 20.8. The van der Waals surface area contributed by atoms with Crippen molar-refractivity contribution in [2.75, 3.05) is 18.8 Å². The van der Waals surface area contributed by atoms with E-state index in [1.807, 2.05) is 31.2 Å². The highest BCUT2D eigenvalue weighted by atomic mass is 19.1. The Balaban J connectivity index is 1.50. The number of hydrogen-bond donors (Lipinski definition) is 1. The molecule has 1 amide bonds. The van der Waals surface area contributed by atoms with Gasteiger partial charge in [-0.25, -0.2) is 19.0 Å². The third-order valence-corrected chi connectivity index (χ3v) is 6.48. The Morgan fingerprint density at radius 1 is 1.24 bits per heavy atom. The summed E-state index contributed by atoms with van der Waals surface area (Å²) in [5.74, 6) is 0.292. The summed E-state index contributed by atoms with van der Waals surface area (Å²) in [4.78, 5) is 23.1. The molecule has 2 aromatic heterocycles. The Kier molecular flexibility index (Phi) is 7.00. The second-order valence-corrected chi connectivity index (χ2v) is 8.99. The zero-order chi connectivity index (χ0) is 26.6. The van der Waals surface area contributed by atoms with E-state index in [1.165, 1.54) is 12.4 Å². The highest BCUT2D eigenvalue weighted by Crippen LogP contribution is 2.36. The van der Waals surface area contributed by atoms with E-state index >= 15 is 4.39 Å². The van der Waals surface area contributed by atoms with Crippen LogP contribution in [0.5, 0.6) is 11.5 Å². The van der Waals surface area contributed by atoms with Gasteiger partial charge in [0, 0.05) is 24.7 Å². The summed E-state index contributed by atoms with van der Waals surface area (Å²) in [5.41, 5.74) is 7.36. The van der Waals surface area contributed by atoms with Crippen LogP contribution in [0.4, 0.5) is 10.2 Å². The maximum absolute atomic E-state index is 15.4. The summed E-state index contributed by atoms with van der Waals surface area (Å²) >= 11 is 0. The molecule has 1 aliphatic heterocycles. The van der Waals surface area contributed by atoms with Gasteiger partial charge in [-0.05, 0) is 43.5 Å². The Labute approximate surface area is 219 Å². The maximum atomic E-state index is 15.4. The molecule has 0 aliphatic carbocycles. The number of rotatable bonds is 6. The first-order chi connectivity index (χ1) is 18.5. The van der Waals surface area contributed by atoms with Crippen LogP contribution in [-0.4, -0.2) is 43.6 Å². The third kappa shape index (κ3) is 4.78. The summed E-state index contributed by atoms with van der Waals surface area (Å²) in [7, 11) is 0. The average Bonchev–Trinajstić information content (AvgIpc) is 3.33. The van der Waals surface area contributed by atoms with E-state index in [1.54, 1.807) is 39.9 Å². The lowest BCUT2D eigenvalue weighted by Gasteiger charge is -2.32. The van der Waals surface area contributed by atoms with E-state index in [2.05, 4.69) is 9.97 Å². The van der Waals surface area contributed by atoms with Crippen LogP contribution in [0.2, 0.25) is 0 Å². The smallest absolute Gasteiger partial charge is 0.264 e. The standard InChI is InChI=1S/C28H26FN7O2/c1-2-7-18(15-30)28(37)35-13-6-8-19(16-35)36-27-24(26(31)32-17-33-27)25(34-36)22-12-11-21(14-23(22)29)38-20-9-4-3-5-10-20/h3-5,7,9-12,14,17,19H,2,6,8,13,16H2,1H3,(H2,31,32,33)/b18-7+. The van der Waals surface area contributed by atoms with Crippen molar-refractivity contribution in [3.63, 3.8) is 0 Å². The van der Waals surface area contributed by atoms with E-state index in [0.29, 0.717) is 47.7 Å². The highest BCUT2D eigenvalue weighted by Gasteiger charge is 2.30. The molecule has 1 fully saturated rings. The fraction of sp³-hybridized carbons (Fsp3) is 0.250. The number of nitriles is 1. The molecule has 0 bridgehead atoms. The molecule has 2 aromatic carbocycles. The van der Waals surface area contributed by atoms with Gasteiger partial charge in [0.25, 0.3) is 5.91 Å². The largest absolute Gasteiger partial charge is 0.457 e. The van der Waals surface area contributed by atoms with Crippen LogP contribution >= 0.6 is 0 Å². The van der Waals surface area contributed by atoms with Gasteiger partial charge in [-0.1, -0.05) is 31.2 Å².